The smallest absolute Gasteiger partial charge is 0.318 e. The van der Waals surface area contributed by atoms with E-state index in [0.29, 0.717) is 6.54 Å². The number of carbonyl (C=O) groups is 1. The molecule has 19 heavy (non-hydrogen) atoms. The van der Waals surface area contributed by atoms with E-state index in [1.165, 1.54) is 0 Å². The first-order valence-electron chi connectivity index (χ1n) is 6.22. The summed E-state index contributed by atoms with van der Waals surface area (Å²) >= 11 is 0. The van der Waals surface area contributed by atoms with Crippen molar-refractivity contribution in [2.75, 3.05) is 13.6 Å². The summed E-state index contributed by atoms with van der Waals surface area (Å²) in [6.07, 6.45) is 4.19. The molecule has 0 saturated carbocycles. The summed E-state index contributed by atoms with van der Waals surface area (Å²) in [7, 11) is 1.64. The lowest BCUT2D eigenvalue weighted by Crippen LogP contribution is -2.45. The van der Waals surface area contributed by atoms with E-state index in [-0.39, 0.29) is 12.1 Å². The lowest BCUT2D eigenvalue weighted by molar-refractivity contribution is 0.179. The van der Waals surface area contributed by atoms with Crippen molar-refractivity contribution >= 4 is 6.03 Å². The summed E-state index contributed by atoms with van der Waals surface area (Å²) in [6.45, 7) is 0.649. The van der Waals surface area contributed by atoms with Crippen LogP contribution in [0.15, 0.2) is 30.7 Å². The number of aromatic amines is 1. The number of hydrogen-bond acceptors (Lipinski definition) is 3. The highest BCUT2D eigenvalue weighted by Gasteiger charge is 2.34. The van der Waals surface area contributed by atoms with E-state index in [4.69, 9.17) is 0 Å². The lowest BCUT2D eigenvalue weighted by atomic mass is 10.00. The van der Waals surface area contributed by atoms with Gasteiger partial charge in [-0.05, 0) is 12.1 Å². The van der Waals surface area contributed by atoms with Gasteiger partial charge in [0.25, 0.3) is 0 Å². The molecule has 3 rings (SSSR count). The van der Waals surface area contributed by atoms with Crippen LogP contribution >= 0.6 is 0 Å². The Morgan fingerprint density at radius 1 is 1.47 bits per heavy atom. The van der Waals surface area contributed by atoms with E-state index >= 15 is 0 Å². The molecular formula is C13H15N5O. The molecule has 0 radical (unpaired) electrons. The number of pyridine rings is 1. The molecule has 1 aliphatic heterocycles. The third kappa shape index (κ3) is 1.95. The first-order valence-corrected chi connectivity index (χ1v) is 6.22. The largest absolute Gasteiger partial charge is 0.348 e. The first kappa shape index (κ1) is 11.7. The van der Waals surface area contributed by atoms with Gasteiger partial charge >= 0.3 is 6.03 Å². The molecule has 2 N–H and O–H groups in total. The first-order chi connectivity index (χ1) is 9.31. The quantitative estimate of drug-likeness (QED) is 0.803. The van der Waals surface area contributed by atoms with Gasteiger partial charge in [-0.15, -0.1) is 0 Å². The van der Waals surface area contributed by atoms with Crippen molar-refractivity contribution in [3.63, 3.8) is 0 Å². The molecule has 6 heteroatoms. The number of imidazole rings is 1. The molecule has 0 unspecified atom stereocenters. The highest BCUT2D eigenvalue weighted by Crippen LogP contribution is 2.31. The van der Waals surface area contributed by atoms with Gasteiger partial charge in [0, 0.05) is 31.9 Å². The van der Waals surface area contributed by atoms with Crippen LogP contribution in [0.25, 0.3) is 0 Å². The molecule has 0 bridgehead atoms. The molecule has 2 aromatic heterocycles. The van der Waals surface area contributed by atoms with Gasteiger partial charge in [-0.3, -0.25) is 4.98 Å². The maximum Gasteiger partial charge on any atom is 0.318 e. The van der Waals surface area contributed by atoms with Crippen molar-refractivity contribution < 1.29 is 4.79 Å². The van der Waals surface area contributed by atoms with Crippen LogP contribution in [-0.4, -0.2) is 39.5 Å². The molecule has 0 saturated heterocycles. The predicted octanol–water partition coefficient (Wildman–Crippen LogP) is 1.09. The Morgan fingerprint density at radius 3 is 3.11 bits per heavy atom. The van der Waals surface area contributed by atoms with Crippen molar-refractivity contribution in [2.45, 2.75) is 12.5 Å². The van der Waals surface area contributed by atoms with Gasteiger partial charge in [0.1, 0.15) is 6.04 Å². The number of nitrogens with one attached hydrogen (secondary N) is 2. The van der Waals surface area contributed by atoms with Crippen molar-refractivity contribution in [1.82, 2.24) is 25.2 Å². The molecule has 0 aliphatic carbocycles. The number of rotatable bonds is 1. The molecule has 6 nitrogen and oxygen atoms in total. The summed E-state index contributed by atoms with van der Waals surface area (Å²) in [4.78, 5) is 25.7. The second-order valence-corrected chi connectivity index (χ2v) is 4.42. The van der Waals surface area contributed by atoms with Crippen LogP contribution in [0.2, 0.25) is 0 Å². The summed E-state index contributed by atoms with van der Waals surface area (Å²) in [6, 6.07) is 5.37. The summed E-state index contributed by atoms with van der Waals surface area (Å²) < 4.78 is 0. The topological polar surface area (TPSA) is 73.9 Å². The monoisotopic (exact) mass is 257 g/mol. The maximum absolute atomic E-state index is 12.0. The zero-order valence-electron chi connectivity index (χ0n) is 10.6. The second-order valence-electron chi connectivity index (χ2n) is 4.42. The lowest BCUT2D eigenvalue weighted by Gasteiger charge is -2.34. The van der Waals surface area contributed by atoms with Crippen LogP contribution in [0.3, 0.4) is 0 Å². The Balaban J connectivity index is 2.07. The molecule has 1 atom stereocenters. The van der Waals surface area contributed by atoms with Crippen LogP contribution in [0, 0.1) is 0 Å². The number of aromatic nitrogens is 3. The van der Waals surface area contributed by atoms with Crippen LogP contribution in [0.1, 0.15) is 23.1 Å². The van der Waals surface area contributed by atoms with Gasteiger partial charge in [0.05, 0.1) is 17.7 Å². The van der Waals surface area contributed by atoms with Gasteiger partial charge in [0.15, 0.2) is 0 Å². The Kier molecular flexibility index (Phi) is 2.91. The molecule has 0 spiro atoms. The van der Waals surface area contributed by atoms with Crippen molar-refractivity contribution in [1.29, 1.82) is 0 Å². The Hall–Kier alpha value is -2.37. The van der Waals surface area contributed by atoms with Crippen LogP contribution in [-0.2, 0) is 6.42 Å². The van der Waals surface area contributed by atoms with Crippen LogP contribution in [0.5, 0.6) is 0 Å². The standard InChI is InChI=1S/C13H15N5O/c1-14-13(19)18-7-5-9-11(17-8-16-9)12(18)10-4-2-3-6-15-10/h2-4,6,8,12H,5,7H2,1H3,(H,14,19)(H,16,17)/t12-/m0/s1. The molecule has 1 aliphatic rings. The fourth-order valence-corrected chi connectivity index (χ4v) is 2.48. The highest BCUT2D eigenvalue weighted by atomic mass is 16.2. The fraction of sp³-hybridized carbons (Fsp3) is 0.308. The van der Waals surface area contributed by atoms with Gasteiger partial charge in [-0.25, -0.2) is 9.78 Å². The normalized spacial score (nSPS) is 17.9. The van der Waals surface area contributed by atoms with Gasteiger partial charge in [-0.1, -0.05) is 6.07 Å². The van der Waals surface area contributed by atoms with Gasteiger partial charge < -0.3 is 15.2 Å². The average Bonchev–Trinajstić information content (AvgIpc) is 2.94. The number of nitrogens with zero attached hydrogens (tertiary/aromatic N) is 3. The summed E-state index contributed by atoms with van der Waals surface area (Å²) in [5.41, 5.74) is 2.79. The minimum absolute atomic E-state index is 0.107. The highest BCUT2D eigenvalue weighted by molar-refractivity contribution is 5.75. The molecule has 0 aromatic carbocycles. The average molecular weight is 257 g/mol. The number of hydrogen-bond donors (Lipinski definition) is 2. The SMILES string of the molecule is CNC(=O)N1CCc2[nH]cnc2[C@@H]1c1ccccn1. The molecular weight excluding hydrogens is 242 g/mol. The maximum atomic E-state index is 12.0. The molecule has 3 heterocycles. The number of urea groups is 1. The Bertz CT molecular complexity index is 580. The molecule has 0 fully saturated rings. The third-order valence-corrected chi connectivity index (χ3v) is 3.37. The number of carbonyl (C=O) groups excluding carboxylic acids is 1. The van der Waals surface area contributed by atoms with Crippen molar-refractivity contribution in [3.8, 4) is 0 Å². The second kappa shape index (κ2) is 4.72. The van der Waals surface area contributed by atoms with E-state index < -0.39 is 0 Å². The number of H-pyrrole nitrogens is 1. The summed E-state index contributed by atoms with van der Waals surface area (Å²) in [5, 5.41) is 2.68. The van der Waals surface area contributed by atoms with Crippen LogP contribution in [0.4, 0.5) is 4.79 Å². The van der Waals surface area contributed by atoms with Crippen molar-refractivity contribution in [3.05, 3.63) is 47.8 Å². The van der Waals surface area contributed by atoms with E-state index in [2.05, 4.69) is 20.3 Å². The predicted molar refractivity (Wildman–Crippen MR) is 69.5 cm³/mol. The number of fused-ring (bicyclic) bond motifs is 1. The van der Waals surface area contributed by atoms with E-state index in [9.17, 15) is 4.79 Å². The van der Waals surface area contributed by atoms with E-state index in [1.807, 2.05) is 18.2 Å². The fourth-order valence-electron chi connectivity index (χ4n) is 2.48. The third-order valence-electron chi connectivity index (χ3n) is 3.37. The minimum atomic E-state index is -0.226. The molecule has 98 valence electrons. The van der Waals surface area contributed by atoms with Crippen molar-refractivity contribution in [2.24, 2.45) is 0 Å². The van der Waals surface area contributed by atoms with Gasteiger partial charge in [-0.2, -0.15) is 0 Å². The number of amides is 2. The zero-order valence-corrected chi connectivity index (χ0v) is 10.6. The zero-order chi connectivity index (χ0) is 13.2. The van der Waals surface area contributed by atoms with E-state index in [1.54, 1.807) is 24.5 Å². The van der Waals surface area contributed by atoms with Crippen LogP contribution < -0.4 is 5.32 Å². The Labute approximate surface area is 110 Å². The summed E-state index contributed by atoms with van der Waals surface area (Å²) in [5.74, 6) is 0. The Morgan fingerprint density at radius 2 is 2.37 bits per heavy atom. The molecule has 2 aromatic rings. The minimum Gasteiger partial charge on any atom is -0.348 e. The molecule has 2 amide bonds. The van der Waals surface area contributed by atoms with E-state index in [0.717, 1.165) is 23.5 Å². The van der Waals surface area contributed by atoms with Gasteiger partial charge in [0.2, 0.25) is 0 Å².